The normalized spacial score (nSPS) is 15.2. The summed E-state index contributed by atoms with van der Waals surface area (Å²) in [7, 11) is 1.89. The van der Waals surface area contributed by atoms with Gasteiger partial charge in [-0.25, -0.2) is 8.78 Å². The summed E-state index contributed by atoms with van der Waals surface area (Å²) < 4.78 is 25.9. The van der Waals surface area contributed by atoms with Crippen LogP contribution in [0.5, 0.6) is 0 Å². The molecule has 2 unspecified atom stereocenters. The van der Waals surface area contributed by atoms with Gasteiger partial charge in [0.05, 0.1) is 0 Å². The zero-order chi connectivity index (χ0) is 12.3. The summed E-state index contributed by atoms with van der Waals surface area (Å²) in [6.45, 7) is 6.24. The second-order valence-electron chi connectivity index (χ2n) is 4.52. The molecule has 90 valence electrons. The number of benzene rings is 1. The summed E-state index contributed by atoms with van der Waals surface area (Å²) in [4.78, 5) is 0. The second-order valence-corrected chi connectivity index (χ2v) is 4.52. The van der Waals surface area contributed by atoms with Gasteiger partial charge in [0.15, 0.2) is 11.6 Å². The summed E-state index contributed by atoms with van der Waals surface area (Å²) in [6, 6.07) is 4.38. The van der Waals surface area contributed by atoms with Gasteiger partial charge in [0, 0.05) is 6.04 Å². The van der Waals surface area contributed by atoms with Crippen LogP contribution in [0.3, 0.4) is 0 Å². The Morgan fingerprint density at radius 1 is 1.06 bits per heavy atom. The smallest absolute Gasteiger partial charge is 0.159 e. The number of hydrogen-bond donors (Lipinski definition) is 1. The van der Waals surface area contributed by atoms with E-state index in [0.717, 1.165) is 5.56 Å². The first-order valence-electron chi connectivity index (χ1n) is 5.59. The molecule has 1 rings (SSSR count). The Balaban J connectivity index is 2.94. The Hall–Kier alpha value is -0.960. The monoisotopic (exact) mass is 227 g/mol. The fourth-order valence-corrected chi connectivity index (χ4v) is 2.16. The van der Waals surface area contributed by atoms with E-state index < -0.39 is 11.6 Å². The Morgan fingerprint density at radius 2 is 1.69 bits per heavy atom. The molecule has 0 aliphatic rings. The molecular weight excluding hydrogens is 208 g/mol. The predicted molar refractivity (Wildman–Crippen MR) is 62.5 cm³/mol. The summed E-state index contributed by atoms with van der Waals surface area (Å²) in [5.74, 6) is -0.974. The predicted octanol–water partition coefficient (Wildman–Crippen LogP) is 3.31. The fourth-order valence-electron chi connectivity index (χ4n) is 2.16. The van der Waals surface area contributed by atoms with Crippen LogP contribution >= 0.6 is 0 Å². The first-order chi connectivity index (χ1) is 7.47. The zero-order valence-electron chi connectivity index (χ0n) is 10.2. The van der Waals surface area contributed by atoms with Gasteiger partial charge < -0.3 is 5.32 Å². The number of halogens is 2. The van der Waals surface area contributed by atoms with E-state index in [9.17, 15) is 8.78 Å². The van der Waals surface area contributed by atoms with Crippen molar-refractivity contribution < 1.29 is 8.78 Å². The van der Waals surface area contributed by atoms with Gasteiger partial charge in [-0.2, -0.15) is 0 Å². The maximum Gasteiger partial charge on any atom is 0.159 e. The molecule has 0 amide bonds. The number of hydrogen-bond acceptors (Lipinski definition) is 1. The van der Waals surface area contributed by atoms with E-state index in [1.54, 1.807) is 6.07 Å². The Bertz CT molecular complexity index is 350. The van der Waals surface area contributed by atoms with Gasteiger partial charge in [-0.15, -0.1) is 0 Å². The third kappa shape index (κ3) is 2.79. The number of likely N-dealkylation sites (N-methyl/N-ethyl adjacent to an activating group) is 1. The summed E-state index contributed by atoms with van der Waals surface area (Å²) in [5, 5.41) is 3.22. The molecule has 0 spiro atoms. The molecule has 3 heteroatoms. The van der Waals surface area contributed by atoms with Gasteiger partial charge in [-0.3, -0.25) is 0 Å². The molecule has 0 aliphatic carbocycles. The molecule has 0 aliphatic heterocycles. The Kier molecular flexibility index (Phi) is 4.42. The lowest BCUT2D eigenvalue weighted by Crippen LogP contribution is -2.35. The average molecular weight is 227 g/mol. The van der Waals surface area contributed by atoms with E-state index in [0.29, 0.717) is 5.92 Å². The molecular formula is C13H19F2N. The number of rotatable bonds is 4. The highest BCUT2D eigenvalue weighted by Crippen LogP contribution is 2.24. The van der Waals surface area contributed by atoms with Crippen molar-refractivity contribution in [1.82, 2.24) is 5.32 Å². The van der Waals surface area contributed by atoms with Crippen molar-refractivity contribution in [3.05, 3.63) is 35.4 Å². The molecule has 0 heterocycles. The van der Waals surface area contributed by atoms with Crippen molar-refractivity contribution >= 4 is 0 Å². The maximum atomic E-state index is 13.1. The van der Waals surface area contributed by atoms with Crippen molar-refractivity contribution in [1.29, 1.82) is 0 Å². The summed E-state index contributed by atoms with van der Waals surface area (Å²) >= 11 is 0. The number of nitrogens with one attached hydrogen (secondary N) is 1. The van der Waals surface area contributed by atoms with Crippen molar-refractivity contribution in [2.24, 2.45) is 5.92 Å². The van der Waals surface area contributed by atoms with Gasteiger partial charge in [0.1, 0.15) is 0 Å². The third-order valence-corrected chi connectivity index (χ3v) is 3.06. The minimum Gasteiger partial charge on any atom is -0.316 e. The molecule has 1 aromatic rings. The molecule has 16 heavy (non-hydrogen) atoms. The average Bonchev–Trinajstić information content (AvgIpc) is 2.22. The first-order valence-corrected chi connectivity index (χ1v) is 5.59. The van der Waals surface area contributed by atoms with E-state index >= 15 is 0 Å². The SMILES string of the molecule is CNC(C(C)C)C(C)c1ccc(F)c(F)c1. The standard InChI is InChI=1S/C13H19F2N/c1-8(2)13(16-4)9(3)10-5-6-11(14)12(15)7-10/h5-9,13,16H,1-4H3. The van der Waals surface area contributed by atoms with Crippen LogP contribution in [0.15, 0.2) is 18.2 Å². The Morgan fingerprint density at radius 3 is 2.12 bits per heavy atom. The zero-order valence-corrected chi connectivity index (χ0v) is 10.2. The minimum atomic E-state index is -0.790. The van der Waals surface area contributed by atoms with Gasteiger partial charge >= 0.3 is 0 Å². The lowest BCUT2D eigenvalue weighted by Gasteiger charge is -2.27. The maximum absolute atomic E-state index is 13.1. The minimum absolute atomic E-state index is 0.153. The van der Waals surface area contributed by atoms with E-state index in [4.69, 9.17) is 0 Å². The van der Waals surface area contributed by atoms with Gasteiger partial charge in [0.2, 0.25) is 0 Å². The molecule has 2 atom stereocenters. The van der Waals surface area contributed by atoms with E-state index in [2.05, 4.69) is 19.2 Å². The highest BCUT2D eigenvalue weighted by molar-refractivity contribution is 5.22. The molecule has 0 bridgehead atoms. The fraction of sp³-hybridized carbons (Fsp3) is 0.538. The van der Waals surface area contributed by atoms with Crippen molar-refractivity contribution in [2.45, 2.75) is 32.7 Å². The molecule has 0 saturated carbocycles. The van der Waals surface area contributed by atoms with Crippen LogP contribution in [0.1, 0.15) is 32.3 Å². The van der Waals surface area contributed by atoms with Crippen LogP contribution in [-0.2, 0) is 0 Å². The molecule has 0 radical (unpaired) electrons. The van der Waals surface area contributed by atoms with Crippen molar-refractivity contribution in [2.75, 3.05) is 7.05 Å². The van der Waals surface area contributed by atoms with Crippen LogP contribution in [-0.4, -0.2) is 13.1 Å². The lowest BCUT2D eigenvalue weighted by molar-refractivity contribution is 0.375. The van der Waals surface area contributed by atoms with Gasteiger partial charge in [0.25, 0.3) is 0 Å². The van der Waals surface area contributed by atoms with Crippen molar-refractivity contribution in [3.8, 4) is 0 Å². The van der Waals surface area contributed by atoms with E-state index in [1.165, 1.54) is 12.1 Å². The van der Waals surface area contributed by atoms with E-state index in [-0.39, 0.29) is 12.0 Å². The second kappa shape index (κ2) is 5.39. The van der Waals surface area contributed by atoms with Gasteiger partial charge in [-0.1, -0.05) is 26.8 Å². The van der Waals surface area contributed by atoms with Crippen molar-refractivity contribution in [3.63, 3.8) is 0 Å². The van der Waals surface area contributed by atoms with Gasteiger partial charge in [-0.05, 0) is 36.6 Å². The van der Waals surface area contributed by atoms with Crippen LogP contribution in [0.25, 0.3) is 0 Å². The molecule has 1 N–H and O–H groups in total. The third-order valence-electron chi connectivity index (χ3n) is 3.06. The highest BCUT2D eigenvalue weighted by atomic mass is 19.2. The van der Waals surface area contributed by atoms with Crippen LogP contribution in [0, 0.1) is 17.6 Å². The first kappa shape index (κ1) is 13.1. The lowest BCUT2D eigenvalue weighted by atomic mass is 9.86. The van der Waals surface area contributed by atoms with Crippen LogP contribution in [0.4, 0.5) is 8.78 Å². The molecule has 1 nitrogen and oxygen atoms in total. The summed E-state index contributed by atoms with van der Waals surface area (Å²) in [5.41, 5.74) is 0.826. The van der Waals surface area contributed by atoms with E-state index in [1.807, 2.05) is 14.0 Å². The Labute approximate surface area is 95.9 Å². The van der Waals surface area contributed by atoms with Crippen LogP contribution < -0.4 is 5.32 Å². The topological polar surface area (TPSA) is 12.0 Å². The summed E-state index contributed by atoms with van der Waals surface area (Å²) in [6.07, 6.45) is 0. The van der Waals surface area contributed by atoms with Crippen LogP contribution in [0.2, 0.25) is 0 Å². The molecule has 0 aromatic heterocycles. The molecule has 1 aromatic carbocycles. The molecule has 0 saturated heterocycles. The quantitative estimate of drug-likeness (QED) is 0.832. The molecule has 0 fully saturated rings. The highest BCUT2D eigenvalue weighted by Gasteiger charge is 2.21. The largest absolute Gasteiger partial charge is 0.316 e.